The second kappa shape index (κ2) is 6.05. The summed E-state index contributed by atoms with van der Waals surface area (Å²) in [4.78, 5) is 29.0. The smallest absolute Gasteiger partial charge is 0.270 e. The Morgan fingerprint density at radius 2 is 2.26 bits per heavy atom. The molecule has 3 heterocycles. The van der Waals surface area contributed by atoms with Crippen LogP contribution < -0.4 is 10.9 Å². The van der Waals surface area contributed by atoms with E-state index < -0.39 is 17.5 Å². The summed E-state index contributed by atoms with van der Waals surface area (Å²) in [6.07, 6.45) is 4.25. The fourth-order valence-electron chi connectivity index (χ4n) is 2.34. The van der Waals surface area contributed by atoms with Crippen LogP contribution >= 0.6 is 0 Å². The first-order valence-electron chi connectivity index (χ1n) is 7.04. The summed E-state index contributed by atoms with van der Waals surface area (Å²) >= 11 is 0. The lowest BCUT2D eigenvalue weighted by molar-refractivity contribution is 0.0905. The van der Waals surface area contributed by atoms with Crippen molar-refractivity contribution in [2.24, 2.45) is 0 Å². The number of rotatable bonds is 4. The van der Waals surface area contributed by atoms with Crippen molar-refractivity contribution in [2.75, 3.05) is 6.61 Å². The van der Waals surface area contributed by atoms with Gasteiger partial charge in [-0.15, -0.1) is 0 Å². The van der Waals surface area contributed by atoms with E-state index in [1.165, 1.54) is 16.9 Å². The fraction of sp³-hybridized carbons (Fsp3) is 0.188. The maximum Gasteiger partial charge on any atom is 0.270 e. The Balaban J connectivity index is 1.95. The third kappa shape index (κ3) is 2.74. The molecule has 3 aromatic heterocycles. The molecule has 1 unspecified atom stereocenters. The molecule has 3 rings (SSSR count). The Morgan fingerprint density at radius 1 is 1.43 bits per heavy atom. The molecule has 3 aromatic rings. The Hall–Kier alpha value is -2.93. The molecule has 7 nitrogen and oxygen atoms in total. The van der Waals surface area contributed by atoms with E-state index in [-0.39, 0.29) is 12.2 Å². The molecule has 7 heteroatoms. The SMILES string of the molecule is Cc1cccn2c(=O)c(C(=O)NC(CO)c3ccco3)cnc12. The molecule has 0 aliphatic carbocycles. The molecule has 0 saturated carbocycles. The zero-order valence-electron chi connectivity index (χ0n) is 12.4. The molecule has 0 fully saturated rings. The quantitative estimate of drug-likeness (QED) is 0.750. The molecule has 0 saturated heterocycles. The molecule has 1 atom stereocenters. The van der Waals surface area contributed by atoms with Crippen molar-refractivity contribution in [1.82, 2.24) is 14.7 Å². The van der Waals surface area contributed by atoms with Gasteiger partial charge in [-0.3, -0.25) is 14.0 Å². The molecule has 0 radical (unpaired) electrons. The van der Waals surface area contributed by atoms with Crippen LogP contribution in [-0.2, 0) is 0 Å². The van der Waals surface area contributed by atoms with Gasteiger partial charge in [0.25, 0.3) is 11.5 Å². The molecular formula is C16H15N3O4. The van der Waals surface area contributed by atoms with Crippen LogP contribution in [-0.4, -0.2) is 27.0 Å². The van der Waals surface area contributed by atoms with Gasteiger partial charge in [0, 0.05) is 12.4 Å². The standard InChI is InChI=1S/C16H15N3O4/c1-10-4-2-6-19-14(10)17-8-11(16(19)22)15(21)18-12(9-20)13-5-3-7-23-13/h2-8,12,20H,9H2,1H3,(H,18,21). The molecule has 2 N–H and O–H groups in total. The molecule has 1 amide bonds. The summed E-state index contributed by atoms with van der Waals surface area (Å²) in [5.41, 5.74) is 0.768. The zero-order chi connectivity index (χ0) is 16.4. The third-order valence-corrected chi connectivity index (χ3v) is 3.55. The Kier molecular flexibility index (Phi) is 3.94. The highest BCUT2D eigenvalue weighted by Crippen LogP contribution is 2.13. The summed E-state index contributed by atoms with van der Waals surface area (Å²) in [7, 11) is 0. The number of aliphatic hydroxyl groups is 1. The first kappa shape index (κ1) is 15.0. The van der Waals surface area contributed by atoms with Crippen LogP contribution in [0.2, 0.25) is 0 Å². The fourth-order valence-corrected chi connectivity index (χ4v) is 2.34. The molecule has 0 aliphatic rings. The van der Waals surface area contributed by atoms with Crippen LogP contribution in [0.25, 0.3) is 5.65 Å². The van der Waals surface area contributed by atoms with Gasteiger partial charge in [-0.1, -0.05) is 6.07 Å². The van der Waals surface area contributed by atoms with E-state index in [2.05, 4.69) is 10.3 Å². The number of furan rings is 1. The number of aromatic nitrogens is 2. The van der Waals surface area contributed by atoms with Crippen molar-refractivity contribution in [2.45, 2.75) is 13.0 Å². The highest BCUT2D eigenvalue weighted by molar-refractivity contribution is 5.94. The van der Waals surface area contributed by atoms with Crippen molar-refractivity contribution in [3.8, 4) is 0 Å². The van der Waals surface area contributed by atoms with Crippen molar-refractivity contribution in [3.63, 3.8) is 0 Å². The number of aliphatic hydroxyl groups excluding tert-OH is 1. The average molecular weight is 313 g/mol. The molecule has 118 valence electrons. The van der Waals surface area contributed by atoms with Gasteiger partial charge < -0.3 is 14.8 Å². The zero-order valence-corrected chi connectivity index (χ0v) is 12.4. The Labute approximate surface area is 131 Å². The normalized spacial score (nSPS) is 12.3. The number of hydrogen-bond acceptors (Lipinski definition) is 5. The van der Waals surface area contributed by atoms with Crippen LogP contribution in [0.15, 0.2) is 52.1 Å². The van der Waals surface area contributed by atoms with Gasteiger partial charge in [-0.2, -0.15) is 0 Å². The van der Waals surface area contributed by atoms with Crippen molar-refractivity contribution in [3.05, 3.63) is 70.2 Å². The van der Waals surface area contributed by atoms with Gasteiger partial charge in [-0.25, -0.2) is 4.98 Å². The Bertz CT molecular complexity index is 899. The second-order valence-corrected chi connectivity index (χ2v) is 5.09. The predicted molar refractivity (Wildman–Crippen MR) is 82.2 cm³/mol. The molecule has 0 aromatic carbocycles. The lowest BCUT2D eigenvalue weighted by Gasteiger charge is -2.14. The Morgan fingerprint density at radius 3 is 2.96 bits per heavy atom. The van der Waals surface area contributed by atoms with E-state index in [1.54, 1.807) is 24.4 Å². The number of amides is 1. The number of nitrogens with zero attached hydrogens (tertiary/aromatic N) is 2. The number of aryl methyl sites for hydroxylation is 1. The molecule has 0 bridgehead atoms. The summed E-state index contributed by atoms with van der Waals surface area (Å²) < 4.78 is 6.49. The van der Waals surface area contributed by atoms with Crippen molar-refractivity contribution in [1.29, 1.82) is 0 Å². The van der Waals surface area contributed by atoms with Crippen LogP contribution in [0.3, 0.4) is 0 Å². The minimum Gasteiger partial charge on any atom is -0.467 e. The van der Waals surface area contributed by atoms with E-state index in [0.717, 1.165) is 5.56 Å². The van der Waals surface area contributed by atoms with Gasteiger partial charge in [0.1, 0.15) is 23.0 Å². The molecule has 0 aliphatic heterocycles. The topological polar surface area (TPSA) is 96.8 Å². The number of carbonyl (C=O) groups is 1. The predicted octanol–water partition coefficient (Wildman–Crippen LogP) is 1.06. The molecular weight excluding hydrogens is 298 g/mol. The van der Waals surface area contributed by atoms with Gasteiger partial charge in [0.05, 0.1) is 12.9 Å². The minimum atomic E-state index is -0.727. The summed E-state index contributed by atoms with van der Waals surface area (Å²) in [5.74, 6) is -0.209. The largest absolute Gasteiger partial charge is 0.467 e. The number of pyridine rings is 1. The first-order valence-corrected chi connectivity index (χ1v) is 7.04. The van der Waals surface area contributed by atoms with Crippen LogP contribution in [0.4, 0.5) is 0 Å². The highest BCUT2D eigenvalue weighted by atomic mass is 16.3. The van der Waals surface area contributed by atoms with Crippen LogP contribution in [0.5, 0.6) is 0 Å². The monoisotopic (exact) mass is 313 g/mol. The molecule has 23 heavy (non-hydrogen) atoms. The van der Waals surface area contributed by atoms with Gasteiger partial charge in [0.2, 0.25) is 0 Å². The van der Waals surface area contributed by atoms with E-state index in [4.69, 9.17) is 4.42 Å². The highest BCUT2D eigenvalue weighted by Gasteiger charge is 2.20. The number of nitrogens with one attached hydrogen (secondary N) is 1. The summed E-state index contributed by atoms with van der Waals surface area (Å²) in [5, 5.41) is 12.0. The van der Waals surface area contributed by atoms with E-state index in [1.807, 2.05) is 13.0 Å². The van der Waals surface area contributed by atoms with Crippen LogP contribution in [0.1, 0.15) is 27.7 Å². The third-order valence-electron chi connectivity index (χ3n) is 3.55. The van der Waals surface area contributed by atoms with Gasteiger partial charge in [-0.05, 0) is 30.7 Å². The van der Waals surface area contributed by atoms with E-state index in [9.17, 15) is 14.7 Å². The number of hydrogen-bond donors (Lipinski definition) is 2. The second-order valence-electron chi connectivity index (χ2n) is 5.09. The number of carbonyl (C=O) groups excluding carboxylic acids is 1. The summed E-state index contributed by atoms with van der Waals surface area (Å²) in [6.45, 7) is 1.49. The first-order chi connectivity index (χ1) is 11.1. The average Bonchev–Trinajstić information content (AvgIpc) is 3.08. The maximum absolute atomic E-state index is 12.5. The van der Waals surface area contributed by atoms with E-state index in [0.29, 0.717) is 11.4 Å². The van der Waals surface area contributed by atoms with Gasteiger partial charge >= 0.3 is 0 Å². The van der Waals surface area contributed by atoms with Crippen molar-refractivity contribution < 1.29 is 14.3 Å². The number of fused-ring (bicyclic) bond motifs is 1. The lowest BCUT2D eigenvalue weighted by Crippen LogP contribution is -2.35. The van der Waals surface area contributed by atoms with Crippen LogP contribution in [0, 0.1) is 6.92 Å². The van der Waals surface area contributed by atoms with Gasteiger partial charge in [0.15, 0.2) is 0 Å². The minimum absolute atomic E-state index is 0.0990. The lowest BCUT2D eigenvalue weighted by atomic mass is 10.2. The van der Waals surface area contributed by atoms with E-state index >= 15 is 0 Å². The molecule has 0 spiro atoms. The maximum atomic E-state index is 12.5. The van der Waals surface area contributed by atoms with Crippen molar-refractivity contribution >= 4 is 11.6 Å². The summed E-state index contributed by atoms with van der Waals surface area (Å²) in [6, 6.07) is 6.11.